The zero-order valence-electron chi connectivity index (χ0n) is 29.5. The molecule has 2 aromatic heterocycles. The number of amides is 4. The van der Waals surface area contributed by atoms with E-state index in [1.807, 2.05) is 60.7 Å². The molecule has 2 aliphatic heterocycles. The highest BCUT2D eigenvalue weighted by Crippen LogP contribution is 2.33. The quantitative estimate of drug-likeness (QED) is 0.252. The number of aromatic nitrogens is 6. The fourth-order valence-electron chi connectivity index (χ4n) is 6.34. The van der Waals surface area contributed by atoms with Crippen molar-refractivity contribution in [3.05, 3.63) is 95.6 Å². The van der Waals surface area contributed by atoms with E-state index in [1.54, 1.807) is 36.1 Å². The van der Waals surface area contributed by atoms with E-state index in [-0.39, 0.29) is 33.7 Å². The summed E-state index contributed by atoms with van der Waals surface area (Å²) in [5.74, 6) is -0.506. The van der Waals surface area contributed by atoms with Crippen LogP contribution in [0, 0.1) is 0 Å². The lowest BCUT2D eigenvalue weighted by Gasteiger charge is -2.41. The van der Waals surface area contributed by atoms with Crippen LogP contribution in [0.5, 0.6) is 0 Å². The molecule has 2 aromatic carbocycles. The number of likely N-dealkylation sites (tertiary alicyclic amines) is 2. The summed E-state index contributed by atoms with van der Waals surface area (Å²) in [4.78, 5) is 52.2. The van der Waals surface area contributed by atoms with Crippen LogP contribution in [0.15, 0.2) is 73.1 Å². The summed E-state index contributed by atoms with van der Waals surface area (Å²) in [5.41, 5.74) is 6.66. The number of alkyl carbamates (subject to hydrolysis) is 1. The van der Waals surface area contributed by atoms with E-state index in [1.165, 1.54) is 16.7 Å². The maximum Gasteiger partial charge on any atom is 0.410 e. The van der Waals surface area contributed by atoms with Crippen LogP contribution in [0.3, 0.4) is 0 Å². The maximum absolute atomic E-state index is 12.6. The second kappa shape index (κ2) is 18.0. The van der Waals surface area contributed by atoms with Crippen LogP contribution in [0.25, 0.3) is 0 Å². The van der Waals surface area contributed by atoms with Gasteiger partial charge in [0, 0.05) is 39.9 Å². The highest BCUT2D eigenvalue weighted by atomic mass is 16.6. The first-order chi connectivity index (χ1) is 25.0. The molecular formula is C36H48N10O7. The van der Waals surface area contributed by atoms with Gasteiger partial charge in [0.05, 0.1) is 25.5 Å². The Kier molecular flexibility index (Phi) is 13.5. The largest absolute Gasteiger partial charge is 0.453 e. The number of hydrogen-bond acceptors (Lipinski definition) is 11. The number of carbonyl (C=O) groups excluding carboxylic acids is 4. The van der Waals surface area contributed by atoms with Crippen LogP contribution >= 0.6 is 0 Å². The highest BCUT2D eigenvalue weighted by molar-refractivity contribution is 5.87. The summed E-state index contributed by atoms with van der Waals surface area (Å²) in [5, 5.41) is 18.9. The molecule has 0 spiro atoms. The second-order valence-corrected chi connectivity index (χ2v) is 12.8. The number of nitrogens with zero attached hydrogens (tertiary/aromatic N) is 8. The van der Waals surface area contributed by atoms with E-state index in [0.29, 0.717) is 50.2 Å². The van der Waals surface area contributed by atoms with Crippen molar-refractivity contribution in [3.8, 4) is 0 Å². The fraction of sp³-hybridized carbons (Fsp3) is 0.444. The molecule has 2 saturated heterocycles. The minimum Gasteiger partial charge on any atom is -0.453 e. The van der Waals surface area contributed by atoms with Crippen molar-refractivity contribution in [2.75, 3.05) is 33.3 Å². The summed E-state index contributed by atoms with van der Waals surface area (Å²) >= 11 is 0. The molecule has 2 aliphatic rings. The predicted octanol–water partition coefficient (Wildman–Crippen LogP) is 3.41. The molecule has 4 amide bonds. The van der Waals surface area contributed by atoms with Crippen molar-refractivity contribution >= 4 is 24.2 Å². The summed E-state index contributed by atoms with van der Waals surface area (Å²) < 4.78 is 18.7. The van der Waals surface area contributed by atoms with Crippen molar-refractivity contribution in [2.24, 2.45) is 19.8 Å². The molecule has 4 aromatic rings. The molecule has 4 heterocycles. The van der Waals surface area contributed by atoms with Crippen LogP contribution in [0.1, 0.15) is 55.6 Å². The Bertz CT molecular complexity index is 1820. The SMILES string of the molecule is C.COC(=O)NC1(c2cn(C)nn2)CCCN(C(=O)OCc2ccccc2)C1.Cn1cc(C2(C(N)=O)CCCN(C(=O)OCc3ccccc3)C2)nn1. The van der Waals surface area contributed by atoms with Gasteiger partial charge < -0.3 is 35.1 Å². The smallest absolute Gasteiger partial charge is 0.410 e. The number of methoxy groups -OCH3 is 1. The lowest BCUT2D eigenvalue weighted by molar-refractivity contribution is -0.125. The summed E-state index contributed by atoms with van der Waals surface area (Å²) in [6, 6.07) is 18.9. The van der Waals surface area contributed by atoms with E-state index >= 15 is 0 Å². The first-order valence-corrected chi connectivity index (χ1v) is 16.8. The monoisotopic (exact) mass is 732 g/mol. The number of nitrogens with one attached hydrogen (secondary N) is 1. The number of carbonyl (C=O) groups is 4. The van der Waals surface area contributed by atoms with Crippen molar-refractivity contribution in [3.63, 3.8) is 0 Å². The number of aryl methyl sites for hydroxylation is 2. The first kappa shape index (κ1) is 39.8. The van der Waals surface area contributed by atoms with Gasteiger partial charge in [-0.1, -0.05) is 78.5 Å². The molecule has 0 saturated carbocycles. The van der Waals surface area contributed by atoms with Gasteiger partial charge in [0.15, 0.2) is 0 Å². The molecule has 0 bridgehead atoms. The molecule has 0 aliphatic carbocycles. The molecular weight excluding hydrogens is 684 g/mol. The molecule has 6 rings (SSSR count). The minimum absolute atomic E-state index is 0. The Labute approximate surface area is 308 Å². The third kappa shape index (κ3) is 9.87. The van der Waals surface area contributed by atoms with Crippen molar-refractivity contribution in [2.45, 2.75) is 57.3 Å². The molecule has 53 heavy (non-hydrogen) atoms. The average molecular weight is 733 g/mol. The van der Waals surface area contributed by atoms with E-state index < -0.39 is 35.1 Å². The Balaban J connectivity index is 0.000000233. The second-order valence-electron chi connectivity index (χ2n) is 12.8. The minimum atomic E-state index is -1.03. The predicted molar refractivity (Wildman–Crippen MR) is 192 cm³/mol. The molecule has 3 N–H and O–H groups in total. The zero-order chi connectivity index (χ0) is 37.1. The molecule has 17 heteroatoms. The van der Waals surface area contributed by atoms with Gasteiger partial charge in [0.2, 0.25) is 5.91 Å². The Hall–Kier alpha value is -6.00. The van der Waals surface area contributed by atoms with Crippen LogP contribution < -0.4 is 11.1 Å². The molecule has 284 valence electrons. The zero-order valence-corrected chi connectivity index (χ0v) is 29.5. The van der Waals surface area contributed by atoms with Gasteiger partial charge in [0.1, 0.15) is 29.9 Å². The van der Waals surface area contributed by atoms with Crippen LogP contribution in [-0.4, -0.2) is 97.3 Å². The van der Waals surface area contributed by atoms with Crippen LogP contribution in [0.4, 0.5) is 14.4 Å². The number of piperidine rings is 2. The van der Waals surface area contributed by atoms with Gasteiger partial charge in [-0.25, -0.2) is 14.4 Å². The Morgan fingerprint density at radius 2 is 1.25 bits per heavy atom. The van der Waals surface area contributed by atoms with Gasteiger partial charge in [-0.2, -0.15) is 0 Å². The molecule has 17 nitrogen and oxygen atoms in total. The van der Waals surface area contributed by atoms with Crippen LogP contribution in [-0.2, 0) is 57.3 Å². The third-order valence-electron chi connectivity index (χ3n) is 9.10. The number of hydrogen-bond donors (Lipinski definition) is 2. The number of nitrogens with two attached hydrogens (primary N) is 1. The maximum atomic E-state index is 12.6. The first-order valence-electron chi connectivity index (χ1n) is 16.8. The lowest BCUT2D eigenvalue weighted by Crippen LogP contribution is -2.57. The molecule has 2 unspecified atom stereocenters. The molecule has 0 radical (unpaired) electrons. The van der Waals surface area contributed by atoms with Gasteiger partial charge in [0.25, 0.3) is 0 Å². The summed E-state index contributed by atoms with van der Waals surface area (Å²) in [6.45, 7) is 1.81. The Morgan fingerprint density at radius 3 is 1.72 bits per heavy atom. The normalized spacial score (nSPS) is 19.5. The summed E-state index contributed by atoms with van der Waals surface area (Å²) in [6.07, 6.45) is 4.39. The van der Waals surface area contributed by atoms with Crippen molar-refractivity contribution in [1.29, 1.82) is 0 Å². The van der Waals surface area contributed by atoms with Crippen molar-refractivity contribution in [1.82, 2.24) is 45.1 Å². The Morgan fingerprint density at radius 1 is 0.755 bits per heavy atom. The highest BCUT2D eigenvalue weighted by Gasteiger charge is 2.46. The third-order valence-corrected chi connectivity index (χ3v) is 9.10. The van der Waals surface area contributed by atoms with Gasteiger partial charge in [-0.05, 0) is 36.8 Å². The topological polar surface area (TPSA) is 202 Å². The van der Waals surface area contributed by atoms with E-state index in [0.717, 1.165) is 11.1 Å². The number of primary amides is 1. The van der Waals surface area contributed by atoms with Crippen LogP contribution in [0.2, 0.25) is 0 Å². The molecule has 2 atom stereocenters. The number of ether oxygens (including phenoxy) is 3. The van der Waals surface area contributed by atoms with Gasteiger partial charge >= 0.3 is 18.3 Å². The summed E-state index contributed by atoms with van der Waals surface area (Å²) in [7, 11) is 4.77. The molecule has 2 fully saturated rings. The van der Waals surface area contributed by atoms with E-state index in [9.17, 15) is 19.2 Å². The lowest BCUT2D eigenvalue weighted by atomic mass is 9.76. The number of benzene rings is 2. The standard InChI is InChI=1S/C18H23N5O4.C17H21N5O3.CH4/c1-22-11-15(20-21-22)18(19-16(24)26-2)9-6-10-23(13-18)17(25)27-12-14-7-4-3-5-8-14;1-21-10-14(19-20-21)17(15(18)23)8-5-9-22(12-17)16(24)25-11-13-6-3-2-4-7-13;/h3-5,7-8,11H,6,9-10,12-13H2,1-2H3,(H,19,24);2-4,6-7,10H,5,8-9,11-12H2,1H3,(H2,18,23);1H4. The van der Waals surface area contributed by atoms with E-state index in [4.69, 9.17) is 19.9 Å². The fourth-order valence-corrected chi connectivity index (χ4v) is 6.34. The van der Waals surface area contributed by atoms with Crippen molar-refractivity contribution < 1.29 is 33.4 Å². The van der Waals surface area contributed by atoms with Gasteiger partial charge in [-0.3, -0.25) is 14.2 Å². The van der Waals surface area contributed by atoms with Gasteiger partial charge in [-0.15, -0.1) is 10.2 Å². The van der Waals surface area contributed by atoms with E-state index in [2.05, 4.69) is 25.9 Å². The number of rotatable bonds is 8. The average Bonchev–Trinajstić information content (AvgIpc) is 3.82.